The number of piperidine rings is 1. The molecule has 1 fully saturated rings. The number of hydrogen-bond acceptors (Lipinski definition) is 6. The van der Waals surface area contributed by atoms with Crippen molar-refractivity contribution < 1.29 is 14.1 Å². The number of carbonyl (C=O) groups is 1. The van der Waals surface area contributed by atoms with Crippen molar-refractivity contribution in [3.8, 4) is 0 Å². The summed E-state index contributed by atoms with van der Waals surface area (Å²) in [5.41, 5.74) is 3.47. The molecule has 4 heterocycles. The molecule has 0 unspecified atom stereocenters. The molecule has 0 aromatic carbocycles. The van der Waals surface area contributed by atoms with Crippen molar-refractivity contribution in [1.29, 1.82) is 0 Å². The van der Waals surface area contributed by atoms with Gasteiger partial charge in [0.15, 0.2) is 0 Å². The van der Waals surface area contributed by atoms with Crippen molar-refractivity contribution >= 4 is 17.0 Å². The van der Waals surface area contributed by atoms with E-state index in [2.05, 4.69) is 15.1 Å². The zero-order valence-corrected chi connectivity index (χ0v) is 15.5. The van der Waals surface area contributed by atoms with Crippen LogP contribution in [0.1, 0.15) is 40.2 Å². The van der Waals surface area contributed by atoms with Crippen molar-refractivity contribution in [3.63, 3.8) is 0 Å². The summed E-state index contributed by atoms with van der Waals surface area (Å²) in [6.07, 6.45) is 5.43. The van der Waals surface area contributed by atoms with Crippen molar-refractivity contribution in [2.75, 3.05) is 13.1 Å². The fraction of sp³-hybridized carbons (Fsp3) is 0.400. The number of fused-ring (bicyclic) bond motifs is 1. The third-order valence-electron chi connectivity index (χ3n) is 4.85. The number of aromatic nitrogens is 3. The molecule has 3 aromatic heterocycles. The summed E-state index contributed by atoms with van der Waals surface area (Å²) in [4.78, 5) is 23.5. The number of rotatable bonds is 4. The molecule has 0 saturated carbocycles. The summed E-state index contributed by atoms with van der Waals surface area (Å²) in [6, 6.07) is 5.70. The summed E-state index contributed by atoms with van der Waals surface area (Å²) >= 11 is 0. The van der Waals surface area contributed by atoms with Crippen LogP contribution in [-0.2, 0) is 11.3 Å². The van der Waals surface area contributed by atoms with E-state index in [9.17, 15) is 4.79 Å². The molecule has 7 nitrogen and oxygen atoms in total. The largest absolute Gasteiger partial charge is 0.372 e. The summed E-state index contributed by atoms with van der Waals surface area (Å²) in [5.74, 6) is -0.0218. The van der Waals surface area contributed by atoms with Crippen LogP contribution in [0.3, 0.4) is 0 Å². The molecule has 1 atom stereocenters. The number of aryl methyl sites for hydroxylation is 2. The average molecular weight is 366 g/mol. The second-order valence-electron chi connectivity index (χ2n) is 6.95. The molecular weight excluding hydrogens is 344 g/mol. The fourth-order valence-electron chi connectivity index (χ4n) is 3.51. The Bertz CT molecular complexity index is 955. The van der Waals surface area contributed by atoms with Crippen LogP contribution in [0.25, 0.3) is 11.1 Å². The van der Waals surface area contributed by atoms with Gasteiger partial charge in [-0.15, -0.1) is 0 Å². The van der Waals surface area contributed by atoms with E-state index in [0.29, 0.717) is 35.5 Å². The number of amides is 1. The van der Waals surface area contributed by atoms with Crippen LogP contribution >= 0.6 is 0 Å². The molecule has 0 aliphatic carbocycles. The van der Waals surface area contributed by atoms with Crippen molar-refractivity contribution in [2.24, 2.45) is 0 Å². The Hall–Kier alpha value is -2.80. The summed E-state index contributed by atoms with van der Waals surface area (Å²) in [6.45, 7) is 5.48. The van der Waals surface area contributed by atoms with Gasteiger partial charge in [0.1, 0.15) is 0 Å². The molecule has 7 heteroatoms. The monoisotopic (exact) mass is 366 g/mol. The standard InChI is InChI=1S/C20H22N4O3/c1-13-9-17(18-14(2)23-27-19(18)22-13)20(25)24-8-4-6-16(11-24)26-12-15-5-3-7-21-10-15/h3,5,7,9-10,16H,4,6,8,11-12H2,1-2H3/t16-/m1/s1. The number of pyridine rings is 2. The Morgan fingerprint density at radius 3 is 3.11 bits per heavy atom. The van der Waals surface area contributed by atoms with Gasteiger partial charge >= 0.3 is 0 Å². The second-order valence-corrected chi connectivity index (χ2v) is 6.95. The van der Waals surface area contributed by atoms with Gasteiger partial charge in [-0.25, -0.2) is 4.98 Å². The maximum atomic E-state index is 13.2. The number of likely N-dealkylation sites (tertiary alicyclic amines) is 1. The van der Waals surface area contributed by atoms with Crippen LogP contribution in [0, 0.1) is 13.8 Å². The molecule has 1 saturated heterocycles. The van der Waals surface area contributed by atoms with E-state index < -0.39 is 0 Å². The molecule has 140 valence electrons. The van der Waals surface area contributed by atoms with Gasteiger partial charge in [0, 0.05) is 31.2 Å². The van der Waals surface area contributed by atoms with Gasteiger partial charge in [0.05, 0.1) is 29.4 Å². The van der Waals surface area contributed by atoms with Gasteiger partial charge in [-0.1, -0.05) is 11.2 Å². The molecule has 3 aromatic rings. The zero-order valence-electron chi connectivity index (χ0n) is 15.5. The van der Waals surface area contributed by atoms with E-state index in [-0.39, 0.29) is 12.0 Å². The predicted molar refractivity (Wildman–Crippen MR) is 99.2 cm³/mol. The highest BCUT2D eigenvalue weighted by molar-refractivity contribution is 6.06. The molecule has 27 heavy (non-hydrogen) atoms. The second kappa shape index (κ2) is 7.44. The maximum Gasteiger partial charge on any atom is 0.258 e. The Labute approximate surface area is 157 Å². The van der Waals surface area contributed by atoms with Crippen LogP contribution in [0.4, 0.5) is 0 Å². The van der Waals surface area contributed by atoms with Crippen LogP contribution in [0.2, 0.25) is 0 Å². The lowest BCUT2D eigenvalue weighted by molar-refractivity contribution is -0.00676. The molecule has 0 radical (unpaired) electrons. The highest BCUT2D eigenvalue weighted by Crippen LogP contribution is 2.25. The van der Waals surface area contributed by atoms with Gasteiger partial charge in [0.2, 0.25) is 0 Å². The van der Waals surface area contributed by atoms with Gasteiger partial charge < -0.3 is 14.2 Å². The first kappa shape index (κ1) is 17.6. The average Bonchev–Trinajstić information content (AvgIpc) is 3.07. The molecule has 1 aliphatic rings. The summed E-state index contributed by atoms with van der Waals surface area (Å²) in [5, 5.41) is 4.66. The Morgan fingerprint density at radius 1 is 1.41 bits per heavy atom. The Morgan fingerprint density at radius 2 is 2.30 bits per heavy atom. The number of hydrogen-bond donors (Lipinski definition) is 0. The minimum absolute atomic E-state index is 0.0184. The van der Waals surface area contributed by atoms with Crippen LogP contribution in [-0.4, -0.2) is 45.1 Å². The summed E-state index contributed by atoms with van der Waals surface area (Å²) < 4.78 is 11.3. The first-order chi connectivity index (χ1) is 13.1. The predicted octanol–water partition coefficient (Wildman–Crippen LogP) is 3.06. The third kappa shape index (κ3) is 3.68. The third-order valence-corrected chi connectivity index (χ3v) is 4.85. The van der Waals surface area contributed by atoms with Crippen molar-refractivity contribution in [2.45, 2.75) is 39.4 Å². The van der Waals surface area contributed by atoms with Gasteiger partial charge in [0.25, 0.3) is 11.6 Å². The molecule has 1 aliphatic heterocycles. The highest BCUT2D eigenvalue weighted by Gasteiger charge is 2.27. The minimum Gasteiger partial charge on any atom is -0.372 e. The van der Waals surface area contributed by atoms with Gasteiger partial charge in [-0.05, 0) is 44.4 Å². The zero-order chi connectivity index (χ0) is 18.8. The quantitative estimate of drug-likeness (QED) is 0.706. The SMILES string of the molecule is Cc1cc(C(=O)N2CCC[C@@H](OCc3cccnc3)C2)c2c(C)noc2n1. The molecule has 0 spiro atoms. The molecule has 0 N–H and O–H groups in total. The first-order valence-corrected chi connectivity index (χ1v) is 9.15. The van der Waals surface area contributed by atoms with E-state index >= 15 is 0 Å². The Balaban J connectivity index is 1.50. The van der Waals surface area contributed by atoms with Crippen LogP contribution < -0.4 is 0 Å². The topological polar surface area (TPSA) is 81.4 Å². The van der Waals surface area contributed by atoms with Gasteiger partial charge in [-0.3, -0.25) is 9.78 Å². The minimum atomic E-state index is -0.0218. The molecule has 0 bridgehead atoms. The summed E-state index contributed by atoms with van der Waals surface area (Å²) in [7, 11) is 0. The molecule has 1 amide bonds. The van der Waals surface area contributed by atoms with E-state index in [0.717, 1.165) is 30.6 Å². The smallest absolute Gasteiger partial charge is 0.258 e. The number of carbonyl (C=O) groups excluding carboxylic acids is 1. The number of ether oxygens (including phenoxy) is 1. The Kier molecular flexibility index (Phi) is 4.85. The van der Waals surface area contributed by atoms with E-state index in [1.165, 1.54) is 0 Å². The van der Waals surface area contributed by atoms with E-state index in [4.69, 9.17) is 9.26 Å². The normalized spacial score (nSPS) is 17.4. The van der Waals surface area contributed by atoms with Crippen molar-refractivity contribution in [3.05, 3.63) is 53.1 Å². The van der Waals surface area contributed by atoms with Crippen molar-refractivity contribution in [1.82, 2.24) is 20.0 Å². The number of nitrogens with zero attached hydrogens (tertiary/aromatic N) is 4. The highest BCUT2D eigenvalue weighted by atomic mass is 16.5. The molecular formula is C20H22N4O3. The lowest BCUT2D eigenvalue weighted by atomic mass is 10.0. The maximum absolute atomic E-state index is 13.2. The fourth-order valence-corrected chi connectivity index (χ4v) is 3.51. The van der Waals surface area contributed by atoms with E-state index in [1.807, 2.05) is 36.9 Å². The lowest BCUT2D eigenvalue weighted by Crippen LogP contribution is -2.43. The van der Waals surface area contributed by atoms with E-state index in [1.54, 1.807) is 12.4 Å². The molecule has 4 rings (SSSR count). The van der Waals surface area contributed by atoms with Crippen LogP contribution in [0.5, 0.6) is 0 Å². The van der Waals surface area contributed by atoms with Gasteiger partial charge in [-0.2, -0.15) is 0 Å². The lowest BCUT2D eigenvalue weighted by Gasteiger charge is -2.33. The first-order valence-electron chi connectivity index (χ1n) is 9.15. The van der Waals surface area contributed by atoms with Crippen LogP contribution in [0.15, 0.2) is 35.1 Å².